The van der Waals surface area contributed by atoms with Crippen molar-refractivity contribution in [2.24, 2.45) is 17.6 Å². The van der Waals surface area contributed by atoms with Gasteiger partial charge in [0.15, 0.2) is 0 Å². The Balaban J connectivity index is 2.51. The lowest BCUT2D eigenvalue weighted by molar-refractivity contribution is -0.124. The maximum absolute atomic E-state index is 10.9. The van der Waals surface area contributed by atoms with Crippen LogP contribution < -0.4 is 11.1 Å². The molecule has 1 fully saturated rings. The fraction of sp³-hybridized carbons (Fsp3) is 0.875. The van der Waals surface area contributed by atoms with Gasteiger partial charge in [0.2, 0.25) is 5.91 Å². The summed E-state index contributed by atoms with van der Waals surface area (Å²) in [5, 5.41) is 3.26. The highest BCUT2D eigenvalue weighted by Crippen LogP contribution is 2.21. The molecule has 2 unspecified atom stereocenters. The van der Waals surface area contributed by atoms with Gasteiger partial charge in [0, 0.05) is 5.92 Å². The van der Waals surface area contributed by atoms with E-state index >= 15 is 0 Å². The van der Waals surface area contributed by atoms with Crippen LogP contribution in [0.15, 0.2) is 0 Å². The molecule has 0 aromatic rings. The molecule has 1 aliphatic heterocycles. The van der Waals surface area contributed by atoms with Crippen molar-refractivity contribution in [2.75, 3.05) is 13.1 Å². The summed E-state index contributed by atoms with van der Waals surface area (Å²) in [7, 11) is 0. The summed E-state index contributed by atoms with van der Waals surface area (Å²) in [6.45, 7) is 3.99. The van der Waals surface area contributed by atoms with Gasteiger partial charge in [-0.25, -0.2) is 0 Å². The molecule has 1 aliphatic rings. The van der Waals surface area contributed by atoms with Gasteiger partial charge in [0.1, 0.15) is 0 Å². The highest BCUT2D eigenvalue weighted by Gasteiger charge is 2.27. The van der Waals surface area contributed by atoms with Crippen LogP contribution >= 0.6 is 0 Å². The van der Waals surface area contributed by atoms with Crippen molar-refractivity contribution in [1.82, 2.24) is 5.32 Å². The molecule has 3 nitrogen and oxygen atoms in total. The van der Waals surface area contributed by atoms with E-state index < -0.39 is 0 Å². The number of piperidine rings is 1. The van der Waals surface area contributed by atoms with Crippen LogP contribution in [-0.2, 0) is 4.79 Å². The third-order valence-corrected chi connectivity index (χ3v) is 2.50. The van der Waals surface area contributed by atoms with Crippen LogP contribution in [0.3, 0.4) is 0 Å². The minimum atomic E-state index is -0.127. The third kappa shape index (κ3) is 1.93. The van der Waals surface area contributed by atoms with E-state index in [0.29, 0.717) is 5.92 Å². The van der Waals surface area contributed by atoms with Gasteiger partial charge >= 0.3 is 0 Å². The molecule has 64 valence electrons. The first-order valence-electron chi connectivity index (χ1n) is 4.25. The van der Waals surface area contributed by atoms with E-state index in [4.69, 9.17) is 5.73 Å². The van der Waals surface area contributed by atoms with Crippen LogP contribution in [0.2, 0.25) is 0 Å². The Morgan fingerprint density at radius 1 is 1.73 bits per heavy atom. The number of carbonyl (C=O) groups is 1. The standard InChI is InChI=1S/C8H16N2O/c1-2-6-5-10-4-3-7(6)8(9)11/h6-7,10H,2-5H2,1H3,(H2,9,11). The van der Waals surface area contributed by atoms with Crippen molar-refractivity contribution in [2.45, 2.75) is 19.8 Å². The molecule has 1 amide bonds. The number of carbonyl (C=O) groups excluding carboxylic acids is 1. The number of nitrogens with one attached hydrogen (secondary N) is 1. The minimum absolute atomic E-state index is 0.112. The van der Waals surface area contributed by atoms with Gasteiger partial charge in [-0.1, -0.05) is 13.3 Å². The molecule has 1 heterocycles. The van der Waals surface area contributed by atoms with E-state index in [-0.39, 0.29) is 11.8 Å². The second kappa shape index (κ2) is 3.72. The monoisotopic (exact) mass is 156 g/mol. The number of primary amides is 1. The van der Waals surface area contributed by atoms with E-state index in [0.717, 1.165) is 25.9 Å². The van der Waals surface area contributed by atoms with Gasteiger partial charge in [-0.3, -0.25) is 4.79 Å². The number of hydrogen-bond donors (Lipinski definition) is 2. The molecule has 3 N–H and O–H groups in total. The predicted molar refractivity (Wildman–Crippen MR) is 44.0 cm³/mol. The lowest BCUT2D eigenvalue weighted by Gasteiger charge is -2.28. The summed E-state index contributed by atoms with van der Waals surface area (Å²) in [6.07, 6.45) is 1.95. The molecule has 0 saturated carbocycles. The van der Waals surface area contributed by atoms with Gasteiger partial charge in [0.25, 0.3) is 0 Å². The zero-order valence-electron chi connectivity index (χ0n) is 6.97. The van der Waals surface area contributed by atoms with Crippen LogP contribution in [0.1, 0.15) is 19.8 Å². The highest BCUT2D eigenvalue weighted by atomic mass is 16.1. The van der Waals surface area contributed by atoms with Crippen LogP contribution in [0, 0.1) is 11.8 Å². The fourth-order valence-electron chi connectivity index (χ4n) is 1.73. The van der Waals surface area contributed by atoms with Crippen molar-refractivity contribution in [3.8, 4) is 0 Å². The molecular weight excluding hydrogens is 140 g/mol. The van der Waals surface area contributed by atoms with Crippen molar-refractivity contribution in [3.63, 3.8) is 0 Å². The topological polar surface area (TPSA) is 55.1 Å². The van der Waals surface area contributed by atoms with Crippen LogP contribution in [0.4, 0.5) is 0 Å². The molecule has 3 heteroatoms. The molecular formula is C8H16N2O. The number of hydrogen-bond acceptors (Lipinski definition) is 2. The van der Waals surface area contributed by atoms with Gasteiger partial charge in [-0.15, -0.1) is 0 Å². The molecule has 0 aliphatic carbocycles. The number of rotatable bonds is 2. The third-order valence-electron chi connectivity index (χ3n) is 2.50. The molecule has 0 bridgehead atoms. The maximum atomic E-state index is 10.9. The molecule has 2 atom stereocenters. The Morgan fingerprint density at radius 2 is 2.45 bits per heavy atom. The Bertz CT molecular complexity index is 147. The normalized spacial score (nSPS) is 31.7. The second-order valence-corrected chi connectivity index (χ2v) is 3.17. The summed E-state index contributed by atoms with van der Waals surface area (Å²) >= 11 is 0. The molecule has 0 aromatic heterocycles. The van der Waals surface area contributed by atoms with Gasteiger partial charge in [0.05, 0.1) is 0 Å². The largest absolute Gasteiger partial charge is 0.369 e. The number of nitrogens with two attached hydrogens (primary N) is 1. The Labute approximate surface area is 67.3 Å². The summed E-state index contributed by atoms with van der Waals surface area (Å²) in [4.78, 5) is 10.9. The van der Waals surface area contributed by atoms with Gasteiger partial charge in [-0.2, -0.15) is 0 Å². The average molecular weight is 156 g/mol. The Hall–Kier alpha value is -0.570. The van der Waals surface area contributed by atoms with Crippen molar-refractivity contribution in [1.29, 1.82) is 0 Å². The van der Waals surface area contributed by atoms with E-state index in [1.807, 2.05) is 0 Å². The Morgan fingerprint density at radius 3 is 2.91 bits per heavy atom. The van der Waals surface area contributed by atoms with Gasteiger partial charge < -0.3 is 11.1 Å². The van der Waals surface area contributed by atoms with E-state index in [9.17, 15) is 4.79 Å². The van der Waals surface area contributed by atoms with Crippen molar-refractivity contribution < 1.29 is 4.79 Å². The van der Waals surface area contributed by atoms with Gasteiger partial charge in [-0.05, 0) is 25.4 Å². The zero-order valence-corrected chi connectivity index (χ0v) is 6.97. The average Bonchev–Trinajstić information content (AvgIpc) is 2.04. The number of amides is 1. The van der Waals surface area contributed by atoms with E-state index in [1.165, 1.54) is 0 Å². The first-order chi connectivity index (χ1) is 5.25. The SMILES string of the molecule is CCC1CNCCC1C(N)=O. The molecule has 1 rings (SSSR count). The van der Waals surface area contributed by atoms with Crippen molar-refractivity contribution in [3.05, 3.63) is 0 Å². The zero-order chi connectivity index (χ0) is 8.27. The van der Waals surface area contributed by atoms with E-state index in [2.05, 4.69) is 12.2 Å². The van der Waals surface area contributed by atoms with Crippen molar-refractivity contribution >= 4 is 5.91 Å². The predicted octanol–water partition coefficient (Wildman–Crippen LogP) is 0.107. The summed E-state index contributed by atoms with van der Waals surface area (Å²) in [6, 6.07) is 0. The molecule has 0 radical (unpaired) electrons. The highest BCUT2D eigenvalue weighted by molar-refractivity contribution is 5.77. The first kappa shape index (κ1) is 8.53. The molecule has 0 aromatic carbocycles. The van der Waals surface area contributed by atoms with Crippen LogP contribution in [0.5, 0.6) is 0 Å². The molecule has 1 saturated heterocycles. The van der Waals surface area contributed by atoms with Crippen LogP contribution in [-0.4, -0.2) is 19.0 Å². The lowest BCUT2D eigenvalue weighted by atomic mass is 9.84. The fourth-order valence-corrected chi connectivity index (χ4v) is 1.73. The van der Waals surface area contributed by atoms with E-state index in [1.54, 1.807) is 0 Å². The first-order valence-corrected chi connectivity index (χ1v) is 4.25. The second-order valence-electron chi connectivity index (χ2n) is 3.17. The summed E-state index contributed by atoms with van der Waals surface area (Å²) in [5.74, 6) is 0.445. The van der Waals surface area contributed by atoms with Crippen LogP contribution in [0.25, 0.3) is 0 Å². The molecule has 0 spiro atoms. The summed E-state index contributed by atoms with van der Waals surface area (Å²) in [5.41, 5.74) is 5.27. The minimum Gasteiger partial charge on any atom is -0.369 e. The summed E-state index contributed by atoms with van der Waals surface area (Å²) < 4.78 is 0. The quantitative estimate of drug-likeness (QED) is 0.596. The molecule has 11 heavy (non-hydrogen) atoms. The lowest BCUT2D eigenvalue weighted by Crippen LogP contribution is -2.42. The Kier molecular flexibility index (Phi) is 2.88. The smallest absolute Gasteiger partial charge is 0.220 e. The maximum Gasteiger partial charge on any atom is 0.220 e.